The van der Waals surface area contributed by atoms with Crippen molar-refractivity contribution in [2.24, 2.45) is 0 Å². The third-order valence-corrected chi connectivity index (χ3v) is 4.42. The smallest absolute Gasteiger partial charge is 0.410 e. The van der Waals surface area contributed by atoms with E-state index in [0.29, 0.717) is 30.7 Å². The average molecular weight is 417 g/mol. The van der Waals surface area contributed by atoms with Crippen LogP contribution in [0.1, 0.15) is 34.1 Å². The average Bonchev–Trinajstić information content (AvgIpc) is 2.49. The van der Waals surface area contributed by atoms with Crippen molar-refractivity contribution in [1.82, 2.24) is 4.90 Å². The van der Waals surface area contributed by atoms with Crippen molar-refractivity contribution < 1.29 is 18.7 Å². The van der Waals surface area contributed by atoms with Gasteiger partial charge < -0.3 is 19.7 Å². The molecule has 1 aromatic carbocycles. The second-order valence-corrected chi connectivity index (χ2v) is 8.17. The molecule has 0 aromatic heterocycles. The Hall–Kier alpha value is -1.34. The van der Waals surface area contributed by atoms with Crippen LogP contribution in [0.4, 0.5) is 14.9 Å². The predicted molar refractivity (Wildman–Crippen MR) is 99.3 cm³/mol. The van der Waals surface area contributed by atoms with Crippen LogP contribution >= 0.6 is 15.9 Å². The van der Waals surface area contributed by atoms with E-state index in [1.54, 1.807) is 17.0 Å². The third-order valence-electron chi connectivity index (χ3n) is 3.81. The number of morpholine rings is 1. The van der Waals surface area contributed by atoms with E-state index in [2.05, 4.69) is 21.2 Å². The van der Waals surface area contributed by atoms with E-state index < -0.39 is 5.60 Å². The second kappa shape index (κ2) is 8.36. The summed E-state index contributed by atoms with van der Waals surface area (Å²) >= 11 is 3.19. The molecule has 1 amide bonds. The molecule has 1 N–H and O–H groups in total. The van der Waals surface area contributed by atoms with Crippen LogP contribution in [0, 0.1) is 5.82 Å². The molecule has 1 aromatic rings. The lowest BCUT2D eigenvalue weighted by Crippen LogP contribution is -2.51. The molecule has 1 heterocycles. The van der Waals surface area contributed by atoms with E-state index >= 15 is 0 Å². The fourth-order valence-electron chi connectivity index (χ4n) is 2.75. The maximum absolute atomic E-state index is 13.3. The van der Waals surface area contributed by atoms with Crippen LogP contribution < -0.4 is 5.32 Å². The van der Waals surface area contributed by atoms with Gasteiger partial charge in [0.2, 0.25) is 0 Å². The summed E-state index contributed by atoms with van der Waals surface area (Å²) in [6.07, 6.45) is 0.395. The van der Waals surface area contributed by atoms with Crippen LogP contribution in [0.25, 0.3) is 0 Å². The number of hydrogen-bond acceptors (Lipinski definition) is 4. The zero-order chi connectivity index (χ0) is 18.6. The van der Waals surface area contributed by atoms with Crippen LogP contribution in [-0.2, 0) is 9.47 Å². The number of benzene rings is 1. The molecule has 1 fully saturated rings. The summed E-state index contributed by atoms with van der Waals surface area (Å²) in [5.41, 5.74) is 0.297. The zero-order valence-corrected chi connectivity index (χ0v) is 16.7. The van der Waals surface area contributed by atoms with Crippen molar-refractivity contribution in [1.29, 1.82) is 0 Å². The van der Waals surface area contributed by atoms with Gasteiger partial charge in [0.15, 0.2) is 0 Å². The van der Waals surface area contributed by atoms with E-state index in [0.717, 1.165) is 5.69 Å². The summed E-state index contributed by atoms with van der Waals surface area (Å²) in [6, 6.07) is 4.83. The Bertz CT molecular complexity index is 606. The molecule has 2 unspecified atom stereocenters. The highest BCUT2D eigenvalue weighted by Crippen LogP contribution is 2.22. The molecule has 0 radical (unpaired) electrons. The minimum absolute atomic E-state index is 0.0602. The van der Waals surface area contributed by atoms with E-state index in [4.69, 9.17) is 9.47 Å². The van der Waals surface area contributed by atoms with Crippen LogP contribution in [-0.4, -0.2) is 48.4 Å². The predicted octanol–water partition coefficient (Wildman–Crippen LogP) is 4.41. The SMILES string of the molecule is CC(CC1COCCN1C(=O)OC(C)(C)C)Nc1ccc(F)c(Br)c1. The van der Waals surface area contributed by atoms with E-state index in [1.807, 2.05) is 27.7 Å². The lowest BCUT2D eigenvalue weighted by atomic mass is 10.1. The van der Waals surface area contributed by atoms with Gasteiger partial charge in [0.1, 0.15) is 11.4 Å². The van der Waals surface area contributed by atoms with Gasteiger partial charge in [-0.2, -0.15) is 0 Å². The van der Waals surface area contributed by atoms with Crippen molar-refractivity contribution in [3.8, 4) is 0 Å². The highest BCUT2D eigenvalue weighted by atomic mass is 79.9. The van der Waals surface area contributed by atoms with Crippen molar-refractivity contribution in [3.05, 3.63) is 28.5 Å². The number of halogens is 2. The van der Waals surface area contributed by atoms with Crippen LogP contribution in [0.3, 0.4) is 0 Å². The number of carbonyl (C=O) groups is 1. The topological polar surface area (TPSA) is 50.8 Å². The number of carbonyl (C=O) groups excluding carboxylic acids is 1. The number of ether oxygens (including phenoxy) is 2. The summed E-state index contributed by atoms with van der Waals surface area (Å²) < 4.78 is 24.8. The Kier molecular flexibility index (Phi) is 6.68. The normalized spacial score (nSPS) is 19.4. The Balaban J connectivity index is 1.97. The Labute approximate surface area is 157 Å². The fourth-order valence-corrected chi connectivity index (χ4v) is 3.13. The van der Waals surface area contributed by atoms with Gasteiger partial charge in [0.25, 0.3) is 0 Å². The molecule has 0 bridgehead atoms. The summed E-state index contributed by atoms with van der Waals surface area (Å²) in [7, 11) is 0. The van der Waals surface area contributed by atoms with Gasteiger partial charge >= 0.3 is 6.09 Å². The van der Waals surface area contributed by atoms with Crippen molar-refractivity contribution >= 4 is 27.7 Å². The first kappa shape index (κ1) is 20.0. The van der Waals surface area contributed by atoms with Crippen LogP contribution in [0.5, 0.6) is 0 Å². The molecule has 1 saturated heterocycles. The lowest BCUT2D eigenvalue weighted by molar-refractivity contribution is -0.0345. The highest BCUT2D eigenvalue weighted by Gasteiger charge is 2.31. The van der Waals surface area contributed by atoms with Crippen LogP contribution in [0.15, 0.2) is 22.7 Å². The lowest BCUT2D eigenvalue weighted by Gasteiger charge is -2.37. The Morgan fingerprint density at radius 2 is 2.24 bits per heavy atom. The number of nitrogens with zero attached hydrogens (tertiary/aromatic N) is 1. The number of amides is 1. The first-order valence-corrected chi connectivity index (χ1v) is 9.24. The number of nitrogens with one attached hydrogen (secondary N) is 1. The largest absolute Gasteiger partial charge is 0.444 e. The number of rotatable bonds is 4. The van der Waals surface area contributed by atoms with Crippen molar-refractivity contribution in [2.45, 2.75) is 51.8 Å². The molecule has 0 saturated carbocycles. The third kappa shape index (κ3) is 6.15. The first-order chi connectivity index (χ1) is 11.7. The molecular formula is C18H26BrFN2O3. The highest BCUT2D eigenvalue weighted by molar-refractivity contribution is 9.10. The first-order valence-electron chi connectivity index (χ1n) is 8.44. The van der Waals surface area contributed by atoms with Gasteiger partial charge in [-0.25, -0.2) is 9.18 Å². The molecule has 7 heteroatoms. The summed E-state index contributed by atoms with van der Waals surface area (Å²) in [5.74, 6) is -0.296. The summed E-state index contributed by atoms with van der Waals surface area (Å²) in [5, 5.41) is 3.33. The van der Waals surface area contributed by atoms with Gasteiger partial charge in [-0.3, -0.25) is 0 Å². The van der Waals surface area contributed by atoms with E-state index in [-0.39, 0.29) is 24.0 Å². The van der Waals surface area contributed by atoms with Gasteiger partial charge in [-0.15, -0.1) is 0 Å². The molecule has 2 rings (SSSR count). The van der Waals surface area contributed by atoms with Gasteiger partial charge in [-0.05, 0) is 68.2 Å². The quantitative estimate of drug-likeness (QED) is 0.789. The fraction of sp³-hybridized carbons (Fsp3) is 0.611. The molecule has 0 aliphatic carbocycles. The van der Waals surface area contributed by atoms with Gasteiger partial charge in [0.05, 0.1) is 23.7 Å². The zero-order valence-electron chi connectivity index (χ0n) is 15.1. The molecule has 1 aliphatic rings. The molecule has 25 heavy (non-hydrogen) atoms. The molecule has 140 valence electrons. The minimum Gasteiger partial charge on any atom is -0.444 e. The number of anilines is 1. The van der Waals surface area contributed by atoms with Crippen LogP contribution in [0.2, 0.25) is 0 Å². The Morgan fingerprint density at radius 1 is 1.52 bits per heavy atom. The summed E-state index contributed by atoms with van der Waals surface area (Å²) in [6.45, 7) is 9.12. The number of hydrogen-bond donors (Lipinski definition) is 1. The van der Waals surface area contributed by atoms with E-state index in [1.165, 1.54) is 6.07 Å². The molecule has 0 spiro atoms. The molecule has 2 atom stereocenters. The molecule has 1 aliphatic heterocycles. The second-order valence-electron chi connectivity index (χ2n) is 7.31. The standard InChI is InChI=1S/C18H26BrFN2O3/c1-12(21-13-5-6-16(20)15(19)10-13)9-14-11-24-8-7-22(14)17(23)25-18(2,3)4/h5-6,10,12,14,21H,7-9,11H2,1-4H3. The molecule has 5 nitrogen and oxygen atoms in total. The van der Waals surface area contributed by atoms with Crippen molar-refractivity contribution in [3.63, 3.8) is 0 Å². The van der Waals surface area contributed by atoms with Gasteiger partial charge in [-0.1, -0.05) is 0 Å². The summed E-state index contributed by atoms with van der Waals surface area (Å²) in [4.78, 5) is 14.2. The maximum Gasteiger partial charge on any atom is 0.410 e. The van der Waals surface area contributed by atoms with Crippen molar-refractivity contribution in [2.75, 3.05) is 25.1 Å². The molecular weight excluding hydrogens is 391 g/mol. The van der Waals surface area contributed by atoms with E-state index in [9.17, 15) is 9.18 Å². The minimum atomic E-state index is -0.524. The maximum atomic E-state index is 13.3. The monoisotopic (exact) mass is 416 g/mol. The Morgan fingerprint density at radius 3 is 2.88 bits per heavy atom. The van der Waals surface area contributed by atoms with Gasteiger partial charge in [0, 0.05) is 18.3 Å².